The minimum absolute atomic E-state index is 0. The molecule has 1 amide bonds. The van der Waals surface area contributed by atoms with Crippen LogP contribution in [0.5, 0.6) is 5.75 Å². The molecule has 30 heavy (non-hydrogen) atoms. The molecule has 0 aliphatic carbocycles. The van der Waals surface area contributed by atoms with Crippen molar-refractivity contribution in [2.45, 2.75) is 13.0 Å². The monoisotopic (exact) mass is 431 g/mol. The number of nitrogens with one attached hydrogen (secondary N) is 1. The van der Waals surface area contributed by atoms with E-state index in [9.17, 15) is 9.18 Å². The highest BCUT2D eigenvalue weighted by Gasteiger charge is 2.32. The van der Waals surface area contributed by atoms with Crippen LogP contribution in [0.1, 0.15) is 28.0 Å². The van der Waals surface area contributed by atoms with E-state index in [-0.39, 0.29) is 36.0 Å². The molecule has 1 unspecified atom stereocenters. The lowest BCUT2D eigenvalue weighted by Crippen LogP contribution is -2.49. The highest BCUT2D eigenvalue weighted by molar-refractivity contribution is 5.91. The summed E-state index contributed by atoms with van der Waals surface area (Å²) < 4.78 is 20.3. The Bertz CT molecular complexity index is 1020. The van der Waals surface area contributed by atoms with E-state index >= 15 is 0 Å². The average molecular weight is 432 g/mol. The van der Waals surface area contributed by atoms with Gasteiger partial charge in [-0.3, -0.25) is 4.79 Å². The van der Waals surface area contributed by atoms with Gasteiger partial charge in [-0.15, -0.1) is 17.5 Å². The number of hydrogen-bond donors (Lipinski definition) is 1. The van der Waals surface area contributed by atoms with E-state index in [4.69, 9.17) is 4.74 Å². The fraction of sp³-hybridized carbons (Fsp3) is 0.286. The van der Waals surface area contributed by atoms with Crippen LogP contribution in [-0.2, 0) is 0 Å². The maximum Gasteiger partial charge on any atom is 0.294 e. The van der Waals surface area contributed by atoms with Crippen LogP contribution in [0.25, 0.3) is 5.69 Å². The number of nitrogens with zero attached hydrogens (tertiary/aromatic N) is 4. The number of para-hydroxylation sites is 1. The predicted octanol–water partition coefficient (Wildman–Crippen LogP) is 2.93. The topological polar surface area (TPSA) is 72.3 Å². The van der Waals surface area contributed by atoms with Crippen LogP contribution >= 0.6 is 12.4 Å². The van der Waals surface area contributed by atoms with Crippen LogP contribution < -0.4 is 10.1 Å². The van der Waals surface area contributed by atoms with Crippen molar-refractivity contribution in [1.29, 1.82) is 0 Å². The quantitative estimate of drug-likeness (QED) is 0.687. The van der Waals surface area contributed by atoms with Crippen molar-refractivity contribution in [3.05, 3.63) is 71.6 Å². The first-order chi connectivity index (χ1) is 14.1. The van der Waals surface area contributed by atoms with E-state index in [1.165, 1.54) is 12.1 Å². The van der Waals surface area contributed by atoms with Crippen LogP contribution in [0.2, 0.25) is 0 Å². The Morgan fingerprint density at radius 1 is 1.20 bits per heavy atom. The zero-order chi connectivity index (χ0) is 20.4. The molecule has 1 fully saturated rings. The zero-order valence-electron chi connectivity index (χ0n) is 16.7. The smallest absolute Gasteiger partial charge is 0.294 e. The Labute approximate surface area is 180 Å². The molecule has 3 aromatic rings. The number of aromatic nitrogens is 3. The molecule has 0 saturated carbocycles. The molecule has 2 heterocycles. The molecule has 1 aromatic heterocycles. The molecule has 0 bridgehead atoms. The first-order valence-corrected chi connectivity index (χ1v) is 9.42. The summed E-state index contributed by atoms with van der Waals surface area (Å²) >= 11 is 0. The van der Waals surface area contributed by atoms with Gasteiger partial charge in [0.2, 0.25) is 5.82 Å². The number of aryl methyl sites for hydroxylation is 1. The minimum Gasteiger partial charge on any atom is -0.496 e. The van der Waals surface area contributed by atoms with Gasteiger partial charge in [-0.05, 0) is 37.3 Å². The number of ether oxygens (including phenoxy) is 1. The molecule has 1 aliphatic rings. The highest BCUT2D eigenvalue weighted by atomic mass is 35.5. The number of halogens is 2. The SMILES string of the molecule is COc1ccccc1C1CNCCN1C(=O)c1nc(C)n(-c2ccc(F)cc2)n1.Cl. The lowest BCUT2D eigenvalue weighted by Gasteiger charge is -2.36. The molecular formula is C21H23ClFN5O2. The summed E-state index contributed by atoms with van der Waals surface area (Å²) in [6, 6.07) is 13.4. The summed E-state index contributed by atoms with van der Waals surface area (Å²) in [6.07, 6.45) is 0. The number of rotatable bonds is 4. The zero-order valence-corrected chi connectivity index (χ0v) is 17.5. The maximum atomic E-state index is 13.3. The molecule has 1 saturated heterocycles. The van der Waals surface area contributed by atoms with Gasteiger partial charge in [0.1, 0.15) is 17.4 Å². The van der Waals surface area contributed by atoms with Crippen molar-refractivity contribution in [1.82, 2.24) is 25.0 Å². The van der Waals surface area contributed by atoms with Crippen LogP contribution in [0.4, 0.5) is 4.39 Å². The van der Waals surface area contributed by atoms with Crippen molar-refractivity contribution in [2.75, 3.05) is 26.7 Å². The molecule has 2 aromatic carbocycles. The average Bonchev–Trinajstić information content (AvgIpc) is 3.15. The number of hydrogen-bond acceptors (Lipinski definition) is 5. The third-order valence-corrected chi connectivity index (χ3v) is 5.03. The second-order valence-electron chi connectivity index (χ2n) is 6.83. The third kappa shape index (κ3) is 4.15. The summed E-state index contributed by atoms with van der Waals surface area (Å²) in [7, 11) is 1.62. The second-order valence-corrected chi connectivity index (χ2v) is 6.83. The second kappa shape index (κ2) is 9.23. The Hall–Kier alpha value is -2.97. The fourth-order valence-electron chi connectivity index (χ4n) is 3.60. The summed E-state index contributed by atoms with van der Waals surface area (Å²) in [6.45, 7) is 3.60. The molecule has 1 aliphatic heterocycles. The van der Waals surface area contributed by atoms with E-state index in [1.807, 2.05) is 24.3 Å². The Morgan fingerprint density at radius 2 is 1.93 bits per heavy atom. The predicted molar refractivity (Wildman–Crippen MR) is 113 cm³/mol. The number of carbonyl (C=O) groups is 1. The van der Waals surface area contributed by atoms with Crippen LogP contribution in [-0.4, -0.2) is 52.3 Å². The number of carbonyl (C=O) groups excluding carboxylic acids is 1. The van der Waals surface area contributed by atoms with Crippen LogP contribution in [0.3, 0.4) is 0 Å². The molecule has 9 heteroatoms. The van der Waals surface area contributed by atoms with Gasteiger partial charge in [-0.1, -0.05) is 18.2 Å². The number of methoxy groups -OCH3 is 1. The number of benzene rings is 2. The first kappa shape index (κ1) is 21.7. The third-order valence-electron chi connectivity index (χ3n) is 5.03. The van der Waals surface area contributed by atoms with E-state index in [1.54, 1.807) is 35.7 Å². The van der Waals surface area contributed by atoms with Crippen molar-refractivity contribution in [3.8, 4) is 11.4 Å². The Balaban J connectivity index is 0.00000256. The lowest BCUT2D eigenvalue weighted by molar-refractivity contribution is 0.0619. The Kier molecular flexibility index (Phi) is 6.69. The number of piperazine rings is 1. The van der Waals surface area contributed by atoms with Gasteiger partial charge < -0.3 is 15.0 Å². The molecular weight excluding hydrogens is 409 g/mol. The van der Waals surface area contributed by atoms with Gasteiger partial charge >= 0.3 is 0 Å². The van der Waals surface area contributed by atoms with Gasteiger partial charge in [0.15, 0.2) is 0 Å². The largest absolute Gasteiger partial charge is 0.496 e. The standard InChI is InChI=1S/C21H22FN5O2.ClH/c1-14-24-20(25-27(14)16-9-7-15(22)8-10-16)21(28)26-12-11-23-13-18(26)17-5-3-4-6-19(17)29-2;/h3-10,18,23H,11-13H2,1-2H3;1H. The first-order valence-electron chi connectivity index (χ1n) is 9.42. The molecule has 0 spiro atoms. The van der Waals surface area contributed by atoms with Gasteiger partial charge in [0.25, 0.3) is 5.91 Å². The molecule has 4 rings (SSSR count). The Morgan fingerprint density at radius 3 is 2.67 bits per heavy atom. The normalized spacial score (nSPS) is 16.1. The molecule has 0 radical (unpaired) electrons. The van der Waals surface area contributed by atoms with Gasteiger partial charge in [-0.2, -0.15) is 0 Å². The van der Waals surface area contributed by atoms with Crippen LogP contribution in [0.15, 0.2) is 48.5 Å². The van der Waals surface area contributed by atoms with Crippen LogP contribution in [0, 0.1) is 12.7 Å². The van der Waals surface area contributed by atoms with E-state index in [0.717, 1.165) is 11.3 Å². The molecule has 1 atom stereocenters. The van der Waals surface area contributed by atoms with Crippen molar-refractivity contribution in [2.24, 2.45) is 0 Å². The summed E-state index contributed by atoms with van der Waals surface area (Å²) in [5, 5.41) is 7.73. The van der Waals surface area contributed by atoms with Gasteiger partial charge in [0, 0.05) is 25.2 Å². The van der Waals surface area contributed by atoms with E-state index < -0.39 is 0 Å². The molecule has 1 N–H and O–H groups in total. The fourth-order valence-corrected chi connectivity index (χ4v) is 3.60. The highest BCUT2D eigenvalue weighted by Crippen LogP contribution is 2.31. The summed E-state index contributed by atoms with van der Waals surface area (Å²) in [4.78, 5) is 19.4. The minimum atomic E-state index is -0.330. The van der Waals surface area contributed by atoms with Crippen molar-refractivity contribution in [3.63, 3.8) is 0 Å². The summed E-state index contributed by atoms with van der Waals surface area (Å²) in [5.41, 5.74) is 1.59. The van der Waals surface area contributed by atoms with Crippen molar-refractivity contribution >= 4 is 18.3 Å². The van der Waals surface area contributed by atoms with E-state index in [0.29, 0.717) is 31.1 Å². The molecule has 158 valence electrons. The number of amides is 1. The maximum absolute atomic E-state index is 13.3. The van der Waals surface area contributed by atoms with Gasteiger partial charge in [-0.25, -0.2) is 14.1 Å². The molecule has 7 nitrogen and oxygen atoms in total. The lowest BCUT2D eigenvalue weighted by atomic mass is 10.0. The van der Waals surface area contributed by atoms with Crippen molar-refractivity contribution < 1.29 is 13.9 Å². The summed E-state index contributed by atoms with van der Waals surface area (Å²) in [5.74, 6) is 0.840. The van der Waals surface area contributed by atoms with E-state index in [2.05, 4.69) is 15.4 Å². The van der Waals surface area contributed by atoms with Gasteiger partial charge in [0.05, 0.1) is 18.8 Å².